The molecule has 2 heterocycles. The third-order valence-electron chi connectivity index (χ3n) is 6.01. The number of hydrogen-bond donors (Lipinski definition) is 1. The summed E-state index contributed by atoms with van der Waals surface area (Å²) < 4.78 is 11.4. The highest BCUT2D eigenvalue weighted by Crippen LogP contribution is 2.57. The van der Waals surface area contributed by atoms with Gasteiger partial charge in [-0.2, -0.15) is 4.98 Å². The van der Waals surface area contributed by atoms with E-state index in [1.165, 1.54) is 4.90 Å². The summed E-state index contributed by atoms with van der Waals surface area (Å²) in [7, 11) is 0. The van der Waals surface area contributed by atoms with Crippen LogP contribution in [0, 0.1) is 0 Å². The Kier molecular flexibility index (Phi) is 4.48. The first-order chi connectivity index (χ1) is 15.5. The van der Waals surface area contributed by atoms with Crippen LogP contribution in [0.2, 0.25) is 0 Å². The van der Waals surface area contributed by atoms with Crippen LogP contribution < -0.4 is 5.73 Å². The monoisotopic (exact) mass is 427 g/mol. The first kappa shape index (κ1) is 19.8. The summed E-state index contributed by atoms with van der Waals surface area (Å²) in [6, 6.07) is 16.6. The van der Waals surface area contributed by atoms with Crippen LogP contribution in [0.3, 0.4) is 0 Å². The van der Waals surface area contributed by atoms with E-state index < -0.39 is 11.4 Å². The third-order valence-corrected chi connectivity index (χ3v) is 6.01. The highest BCUT2D eigenvalue weighted by molar-refractivity contribution is 6.14. The summed E-state index contributed by atoms with van der Waals surface area (Å²) in [5.74, 6) is -0.496. The molecule has 1 atom stereocenters. The van der Waals surface area contributed by atoms with Gasteiger partial charge < -0.3 is 19.8 Å². The number of benzene rings is 2. The minimum absolute atomic E-state index is 0.0616. The quantitative estimate of drug-likeness (QED) is 0.494. The number of rotatable bonds is 5. The van der Waals surface area contributed by atoms with E-state index >= 15 is 0 Å². The Hall–Kier alpha value is -4.13. The highest BCUT2D eigenvalue weighted by Gasteiger charge is 2.63. The number of allylic oxidation sites excluding steroid dienone is 1. The maximum absolute atomic E-state index is 14.0. The van der Waals surface area contributed by atoms with Crippen LogP contribution in [0.4, 0.5) is 6.01 Å². The molecule has 1 aliphatic heterocycles. The molecule has 1 aromatic heterocycles. The Morgan fingerprint density at radius 3 is 2.69 bits per heavy atom. The molecule has 1 spiro atoms. The van der Waals surface area contributed by atoms with Crippen molar-refractivity contribution >= 4 is 17.9 Å². The minimum Gasteiger partial charge on any atom is -0.457 e. The van der Waals surface area contributed by atoms with Gasteiger partial charge in [0.2, 0.25) is 5.91 Å². The van der Waals surface area contributed by atoms with Crippen LogP contribution >= 0.6 is 0 Å². The number of anilines is 1. The predicted molar refractivity (Wildman–Crippen MR) is 118 cm³/mol. The molecular weight excluding hydrogens is 406 g/mol. The second-order valence-electron chi connectivity index (χ2n) is 7.75. The van der Waals surface area contributed by atoms with Gasteiger partial charge in [0.1, 0.15) is 12.3 Å². The number of hydrogen-bond acceptors (Lipinski definition) is 6. The largest absolute Gasteiger partial charge is 0.457 e. The Balaban J connectivity index is 1.69. The van der Waals surface area contributed by atoms with Gasteiger partial charge in [-0.25, -0.2) is 4.79 Å². The SMILES string of the molecule is C=CCN1C(=O)[C@]2(C(C(=O)OCc3ccccc3)=C1C)c1ccccc1-c1oc(N)nc12. The van der Waals surface area contributed by atoms with E-state index in [2.05, 4.69) is 11.6 Å². The predicted octanol–water partition coefficient (Wildman–Crippen LogP) is 3.57. The summed E-state index contributed by atoms with van der Waals surface area (Å²) >= 11 is 0. The molecule has 5 rings (SSSR count). The lowest BCUT2D eigenvalue weighted by Crippen LogP contribution is -2.42. The van der Waals surface area contributed by atoms with E-state index in [0.717, 1.165) is 5.56 Å². The molecule has 0 radical (unpaired) electrons. The van der Waals surface area contributed by atoms with E-state index in [1.807, 2.05) is 54.6 Å². The second kappa shape index (κ2) is 7.23. The van der Waals surface area contributed by atoms with Crippen LogP contribution in [-0.2, 0) is 26.3 Å². The molecule has 1 aliphatic carbocycles. The molecule has 1 amide bonds. The molecule has 2 aliphatic rings. The number of nitrogens with two attached hydrogens (primary N) is 1. The third kappa shape index (κ3) is 2.57. The topological polar surface area (TPSA) is 98.7 Å². The molecule has 0 saturated heterocycles. The average Bonchev–Trinajstić information content (AvgIpc) is 3.38. The van der Waals surface area contributed by atoms with E-state index in [0.29, 0.717) is 28.3 Å². The number of amides is 1. The van der Waals surface area contributed by atoms with Gasteiger partial charge in [-0.3, -0.25) is 4.79 Å². The van der Waals surface area contributed by atoms with Gasteiger partial charge in [0.25, 0.3) is 6.01 Å². The van der Waals surface area contributed by atoms with Crippen molar-refractivity contribution in [3.05, 3.63) is 95.3 Å². The maximum atomic E-state index is 14.0. The fraction of sp³-hybridized carbons (Fsp3) is 0.160. The molecule has 3 aromatic rings. The van der Waals surface area contributed by atoms with Crippen molar-refractivity contribution in [1.82, 2.24) is 9.88 Å². The Morgan fingerprint density at radius 1 is 1.22 bits per heavy atom. The van der Waals surface area contributed by atoms with Gasteiger partial charge in [-0.05, 0) is 18.1 Å². The Labute approximate surface area is 184 Å². The number of aromatic nitrogens is 1. The number of carbonyl (C=O) groups is 2. The molecule has 0 fully saturated rings. The van der Waals surface area contributed by atoms with E-state index in [-0.39, 0.29) is 30.6 Å². The van der Waals surface area contributed by atoms with Crippen molar-refractivity contribution in [3.63, 3.8) is 0 Å². The summed E-state index contributed by atoms with van der Waals surface area (Å²) in [6.07, 6.45) is 1.62. The summed E-state index contributed by atoms with van der Waals surface area (Å²) in [5.41, 5.74) is 7.59. The van der Waals surface area contributed by atoms with Crippen LogP contribution in [-0.4, -0.2) is 28.3 Å². The lowest BCUT2D eigenvalue weighted by atomic mass is 9.74. The van der Waals surface area contributed by atoms with E-state index in [9.17, 15) is 9.59 Å². The van der Waals surface area contributed by atoms with Gasteiger partial charge in [0, 0.05) is 17.8 Å². The summed E-state index contributed by atoms with van der Waals surface area (Å²) in [5, 5.41) is 0. The highest BCUT2D eigenvalue weighted by atomic mass is 16.5. The molecule has 7 heteroatoms. The van der Waals surface area contributed by atoms with Crippen molar-refractivity contribution in [2.45, 2.75) is 18.9 Å². The molecule has 32 heavy (non-hydrogen) atoms. The zero-order valence-electron chi connectivity index (χ0n) is 17.5. The molecule has 0 saturated carbocycles. The number of nitrogen functional groups attached to an aromatic ring is 1. The fourth-order valence-electron chi connectivity index (χ4n) is 4.69. The van der Waals surface area contributed by atoms with Crippen LogP contribution in [0.1, 0.15) is 23.7 Å². The van der Waals surface area contributed by atoms with Gasteiger partial charge in [-0.15, -0.1) is 6.58 Å². The Morgan fingerprint density at radius 2 is 1.94 bits per heavy atom. The standard InChI is InChI=1S/C25H21N3O4/c1-3-13-28-15(2)19(22(29)31-14-16-9-5-4-6-10-16)25(23(28)30)18-12-8-7-11-17(18)20-21(25)27-24(26)32-20/h3-12H,1,13-14H2,2H3,(H2,26,27)/t25-/m0/s1. The maximum Gasteiger partial charge on any atom is 0.337 e. The summed E-state index contributed by atoms with van der Waals surface area (Å²) in [4.78, 5) is 33.4. The lowest BCUT2D eigenvalue weighted by Gasteiger charge is -2.26. The number of carbonyl (C=O) groups excluding carboxylic acids is 2. The molecular formula is C25H21N3O4. The van der Waals surface area contributed by atoms with Crippen molar-refractivity contribution in [2.24, 2.45) is 0 Å². The molecule has 7 nitrogen and oxygen atoms in total. The number of fused-ring (bicyclic) bond motifs is 5. The van der Waals surface area contributed by atoms with Gasteiger partial charge in [-0.1, -0.05) is 60.7 Å². The number of ether oxygens (including phenoxy) is 1. The van der Waals surface area contributed by atoms with Gasteiger partial charge in [0.15, 0.2) is 11.2 Å². The second-order valence-corrected chi connectivity index (χ2v) is 7.75. The van der Waals surface area contributed by atoms with Crippen LogP contribution in [0.15, 0.2) is 82.9 Å². The van der Waals surface area contributed by atoms with Gasteiger partial charge in [0.05, 0.1) is 5.57 Å². The lowest BCUT2D eigenvalue weighted by molar-refractivity contribution is -0.142. The zero-order chi connectivity index (χ0) is 22.5. The number of esters is 1. The summed E-state index contributed by atoms with van der Waals surface area (Å²) in [6.45, 7) is 5.82. The molecule has 0 unspecified atom stereocenters. The van der Waals surface area contributed by atoms with Crippen molar-refractivity contribution < 1.29 is 18.7 Å². The average molecular weight is 427 g/mol. The number of oxazole rings is 1. The molecule has 2 N–H and O–H groups in total. The molecule has 160 valence electrons. The van der Waals surface area contributed by atoms with Crippen molar-refractivity contribution in [1.29, 1.82) is 0 Å². The van der Waals surface area contributed by atoms with E-state index in [1.54, 1.807) is 13.0 Å². The first-order valence-corrected chi connectivity index (χ1v) is 10.2. The van der Waals surface area contributed by atoms with E-state index in [4.69, 9.17) is 14.9 Å². The van der Waals surface area contributed by atoms with Crippen molar-refractivity contribution in [3.8, 4) is 11.3 Å². The first-order valence-electron chi connectivity index (χ1n) is 10.2. The van der Waals surface area contributed by atoms with Crippen molar-refractivity contribution in [2.75, 3.05) is 12.3 Å². The smallest absolute Gasteiger partial charge is 0.337 e. The van der Waals surface area contributed by atoms with Crippen LogP contribution in [0.25, 0.3) is 11.3 Å². The Bertz CT molecular complexity index is 1290. The number of nitrogens with zero attached hydrogens (tertiary/aromatic N) is 2. The van der Waals surface area contributed by atoms with Gasteiger partial charge >= 0.3 is 5.97 Å². The molecule has 2 aromatic carbocycles. The van der Waals surface area contributed by atoms with Crippen LogP contribution in [0.5, 0.6) is 0 Å². The normalized spacial score (nSPS) is 18.8. The fourth-order valence-corrected chi connectivity index (χ4v) is 4.69. The minimum atomic E-state index is -1.48. The zero-order valence-corrected chi connectivity index (χ0v) is 17.5. The molecule has 0 bridgehead atoms.